The molecule has 0 radical (unpaired) electrons. The van der Waals surface area contributed by atoms with Gasteiger partial charge in [-0.3, -0.25) is 0 Å². The van der Waals surface area contributed by atoms with Crippen molar-refractivity contribution < 1.29 is 8.42 Å². The van der Waals surface area contributed by atoms with E-state index in [2.05, 4.69) is 34.5 Å². The van der Waals surface area contributed by atoms with Crippen LogP contribution in [0.1, 0.15) is 32.1 Å². The highest BCUT2D eigenvalue weighted by atomic mass is 79.9. The molecule has 1 unspecified atom stereocenters. The predicted molar refractivity (Wildman–Crippen MR) is 84.0 cm³/mol. The third-order valence-corrected chi connectivity index (χ3v) is 6.27. The van der Waals surface area contributed by atoms with Crippen LogP contribution < -0.4 is 10.5 Å². The number of nitrogens with two attached hydrogens (primary N) is 1. The molecule has 0 fully saturated rings. The van der Waals surface area contributed by atoms with Crippen molar-refractivity contribution in [1.82, 2.24) is 4.72 Å². The molecular weight excluding hydrogens is 348 g/mol. The number of thiophene rings is 1. The lowest BCUT2D eigenvalue weighted by Crippen LogP contribution is -2.52. The van der Waals surface area contributed by atoms with Gasteiger partial charge in [-0.05, 0) is 48.2 Å². The standard InChI is InChI=1S/C12H21BrN2O2S2/c1-8(2)6-12(4,7-14)15-19(16,17)10-5-11(13)18-9(10)3/h5,8,15H,6-7,14H2,1-4H3. The molecule has 0 amide bonds. The van der Waals surface area contributed by atoms with E-state index in [1.807, 2.05) is 6.92 Å². The van der Waals surface area contributed by atoms with Gasteiger partial charge in [0.25, 0.3) is 0 Å². The molecule has 3 N–H and O–H groups in total. The lowest BCUT2D eigenvalue weighted by Gasteiger charge is -2.30. The van der Waals surface area contributed by atoms with Crippen molar-refractivity contribution >= 4 is 37.3 Å². The van der Waals surface area contributed by atoms with Gasteiger partial charge in [-0.25, -0.2) is 13.1 Å². The maximum atomic E-state index is 12.4. The molecule has 1 aromatic rings. The van der Waals surface area contributed by atoms with Crippen molar-refractivity contribution in [2.75, 3.05) is 6.54 Å². The molecule has 0 saturated heterocycles. The molecule has 0 saturated carbocycles. The quantitative estimate of drug-likeness (QED) is 0.810. The molecule has 0 aromatic carbocycles. The molecule has 0 aliphatic carbocycles. The van der Waals surface area contributed by atoms with Gasteiger partial charge in [0.1, 0.15) is 0 Å². The molecule has 0 bridgehead atoms. The van der Waals surface area contributed by atoms with Gasteiger partial charge < -0.3 is 5.73 Å². The number of aryl methyl sites for hydroxylation is 1. The Balaban J connectivity index is 3.05. The smallest absolute Gasteiger partial charge is 0.242 e. The SMILES string of the molecule is Cc1sc(Br)cc1S(=O)(=O)NC(C)(CN)CC(C)C. The van der Waals surface area contributed by atoms with Crippen LogP contribution in [0.25, 0.3) is 0 Å². The Morgan fingerprint density at radius 1 is 1.53 bits per heavy atom. The number of nitrogens with one attached hydrogen (secondary N) is 1. The molecule has 19 heavy (non-hydrogen) atoms. The summed E-state index contributed by atoms with van der Waals surface area (Å²) < 4.78 is 28.4. The number of rotatable bonds is 6. The Morgan fingerprint density at radius 2 is 2.11 bits per heavy atom. The van der Waals surface area contributed by atoms with Crippen LogP contribution in [-0.4, -0.2) is 20.5 Å². The largest absolute Gasteiger partial charge is 0.329 e. The van der Waals surface area contributed by atoms with Crippen LogP contribution in [0.2, 0.25) is 0 Å². The number of halogens is 1. The molecule has 7 heteroatoms. The van der Waals surface area contributed by atoms with Crippen LogP contribution in [0.5, 0.6) is 0 Å². The highest BCUT2D eigenvalue weighted by Gasteiger charge is 2.31. The van der Waals surface area contributed by atoms with Crippen molar-refractivity contribution in [1.29, 1.82) is 0 Å². The van der Waals surface area contributed by atoms with Crippen molar-refractivity contribution in [2.24, 2.45) is 11.7 Å². The first-order chi connectivity index (χ1) is 8.59. The van der Waals surface area contributed by atoms with E-state index < -0.39 is 15.6 Å². The maximum absolute atomic E-state index is 12.4. The molecule has 1 rings (SSSR count). The second-order valence-corrected chi connectivity index (χ2v) is 9.73. The van der Waals surface area contributed by atoms with Gasteiger partial charge in [-0.15, -0.1) is 11.3 Å². The minimum atomic E-state index is -3.54. The second-order valence-electron chi connectivity index (χ2n) is 5.44. The summed E-state index contributed by atoms with van der Waals surface area (Å²) >= 11 is 4.72. The first-order valence-electron chi connectivity index (χ1n) is 6.09. The van der Waals surface area contributed by atoms with Crippen LogP contribution in [0.4, 0.5) is 0 Å². The summed E-state index contributed by atoms with van der Waals surface area (Å²) in [5.41, 5.74) is 5.13. The van der Waals surface area contributed by atoms with E-state index in [4.69, 9.17) is 5.73 Å². The van der Waals surface area contributed by atoms with Crippen LogP contribution in [0.3, 0.4) is 0 Å². The fourth-order valence-electron chi connectivity index (χ4n) is 2.14. The van der Waals surface area contributed by atoms with E-state index in [0.29, 0.717) is 17.2 Å². The third-order valence-electron chi connectivity index (χ3n) is 2.82. The average Bonchev–Trinajstić information content (AvgIpc) is 2.56. The molecule has 0 aliphatic rings. The summed E-state index contributed by atoms with van der Waals surface area (Å²) in [6.45, 7) is 8.02. The van der Waals surface area contributed by atoms with Gasteiger partial charge in [-0.2, -0.15) is 0 Å². The lowest BCUT2D eigenvalue weighted by molar-refractivity contribution is 0.344. The van der Waals surface area contributed by atoms with Gasteiger partial charge in [0.05, 0.1) is 8.68 Å². The summed E-state index contributed by atoms with van der Waals surface area (Å²) in [5, 5.41) is 0. The zero-order chi connectivity index (χ0) is 14.8. The van der Waals surface area contributed by atoms with E-state index >= 15 is 0 Å². The summed E-state index contributed by atoms with van der Waals surface area (Å²) in [7, 11) is -3.54. The van der Waals surface area contributed by atoms with Crippen LogP contribution in [0, 0.1) is 12.8 Å². The monoisotopic (exact) mass is 368 g/mol. The van der Waals surface area contributed by atoms with Gasteiger partial charge in [0.15, 0.2) is 0 Å². The third kappa shape index (κ3) is 4.53. The van der Waals surface area contributed by atoms with Crippen molar-refractivity contribution in [3.8, 4) is 0 Å². The molecule has 1 atom stereocenters. The molecule has 1 aromatic heterocycles. The Bertz CT molecular complexity index is 540. The van der Waals surface area contributed by atoms with Gasteiger partial charge >= 0.3 is 0 Å². The minimum absolute atomic E-state index is 0.273. The van der Waals surface area contributed by atoms with Gasteiger partial charge in [0, 0.05) is 17.0 Å². The Hall–Kier alpha value is 0.0500. The fraction of sp³-hybridized carbons (Fsp3) is 0.667. The molecular formula is C12H21BrN2O2S2. The average molecular weight is 369 g/mol. The zero-order valence-corrected chi connectivity index (χ0v) is 14.9. The Labute approximate surface area is 128 Å². The number of hydrogen-bond donors (Lipinski definition) is 2. The molecule has 0 spiro atoms. The predicted octanol–water partition coefficient (Wildman–Crippen LogP) is 2.86. The van der Waals surface area contributed by atoms with Crippen molar-refractivity contribution in [2.45, 2.75) is 44.6 Å². The summed E-state index contributed by atoms with van der Waals surface area (Å²) in [6.07, 6.45) is 0.701. The summed E-state index contributed by atoms with van der Waals surface area (Å²) in [5.74, 6) is 0.367. The lowest BCUT2D eigenvalue weighted by atomic mass is 9.92. The highest BCUT2D eigenvalue weighted by molar-refractivity contribution is 9.11. The van der Waals surface area contributed by atoms with Gasteiger partial charge in [-0.1, -0.05) is 13.8 Å². The number of hydrogen-bond acceptors (Lipinski definition) is 4. The summed E-state index contributed by atoms with van der Waals surface area (Å²) in [6, 6.07) is 1.63. The molecule has 0 aliphatic heterocycles. The molecule has 4 nitrogen and oxygen atoms in total. The second kappa shape index (κ2) is 6.22. The zero-order valence-electron chi connectivity index (χ0n) is 11.7. The van der Waals surface area contributed by atoms with Crippen molar-refractivity contribution in [3.63, 3.8) is 0 Å². The first-order valence-corrected chi connectivity index (χ1v) is 9.19. The van der Waals surface area contributed by atoms with Crippen LogP contribution >= 0.6 is 27.3 Å². The Morgan fingerprint density at radius 3 is 2.47 bits per heavy atom. The van der Waals surface area contributed by atoms with E-state index in [1.165, 1.54) is 11.3 Å². The number of sulfonamides is 1. The van der Waals surface area contributed by atoms with Gasteiger partial charge in [0.2, 0.25) is 10.0 Å². The van der Waals surface area contributed by atoms with Crippen LogP contribution in [-0.2, 0) is 10.0 Å². The van der Waals surface area contributed by atoms with E-state index in [9.17, 15) is 8.42 Å². The fourth-order valence-corrected chi connectivity index (χ4v) is 5.99. The van der Waals surface area contributed by atoms with Crippen LogP contribution in [0.15, 0.2) is 14.7 Å². The maximum Gasteiger partial charge on any atom is 0.242 e. The Kier molecular flexibility index (Phi) is 5.60. The molecule has 110 valence electrons. The van der Waals surface area contributed by atoms with E-state index in [1.54, 1.807) is 13.0 Å². The topological polar surface area (TPSA) is 72.2 Å². The normalized spacial score (nSPS) is 15.7. The highest BCUT2D eigenvalue weighted by Crippen LogP contribution is 2.30. The summed E-state index contributed by atoms with van der Waals surface area (Å²) in [4.78, 5) is 1.09. The van der Waals surface area contributed by atoms with Crippen molar-refractivity contribution in [3.05, 3.63) is 14.7 Å². The van der Waals surface area contributed by atoms with E-state index in [-0.39, 0.29) is 6.54 Å². The van der Waals surface area contributed by atoms with E-state index in [0.717, 1.165) is 8.66 Å². The minimum Gasteiger partial charge on any atom is -0.329 e. The first kappa shape index (κ1) is 17.1. The molecule has 1 heterocycles.